The van der Waals surface area contributed by atoms with Gasteiger partial charge in [0.25, 0.3) is 5.91 Å². The highest BCUT2D eigenvalue weighted by Crippen LogP contribution is 2.28. The molecule has 1 amide bonds. The standard InChI is InChI=1S/C17H23N3O4/c21-15(20-9-2-1-3-10-20)13-5-4-8-18-14(13)19-11-6-17(24,7-12-19)16(22)23/h4-5,8,24H,1-3,6-7,9-12H2,(H,22,23). The summed E-state index contributed by atoms with van der Waals surface area (Å²) in [5.41, 5.74) is -1.12. The zero-order chi connectivity index (χ0) is 17.2. The lowest BCUT2D eigenvalue weighted by Gasteiger charge is -2.37. The molecule has 2 saturated heterocycles. The van der Waals surface area contributed by atoms with Crippen LogP contribution in [0.5, 0.6) is 0 Å². The third-order valence-electron chi connectivity index (χ3n) is 4.95. The minimum Gasteiger partial charge on any atom is -0.479 e. The van der Waals surface area contributed by atoms with E-state index >= 15 is 0 Å². The summed E-state index contributed by atoms with van der Waals surface area (Å²) in [6.45, 7) is 2.26. The second kappa shape index (κ2) is 6.76. The first-order chi connectivity index (χ1) is 11.5. The van der Waals surface area contributed by atoms with Crippen molar-refractivity contribution in [3.63, 3.8) is 0 Å². The zero-order valence-corrected chi connectivity index (χ0v) is 13.6. The third-order valence-corrected chi connectivity index (χ3v) is 4.95. The number of hydrogen-bond acceptors (Lipinski definition) is 5. The van der Waals surface area contributed by atoms with Gasteiger partial charge in [-0.05, 0) is 31.4 Å². The maximum absolute atomic E-state index is 12.8. The van der Waals surface area contributed by atoms with Crippen molar-refractivity contribution in [1.82, 2.24) is 9.88 Å². The zero-order valence-electron chi connectivity index (χ0n) is 13.6. The van der Waals surface area contributed by atoms with Crippen molar-refractivity contribution in [2.24, 2.45) is 0 Å². The van der Waals surface area contributed by atoms with Gasteiger partial charge in [-0.3, -0.25) is 4.79 Å². The molecule has 3 heterocycles. The van der Waals surface area contributed by atoms with Gasteiger partial charge in [0, 0.05) is 45.2 Å². The molecule has 130 valence electrons. The van der Waals surface area contributed by atoms with Crippen LogP contribution in [0.1, 0.15) is 42.5 Å². The molecule has 2 aliphatic rings. The molecule has 24 heavy (non-hydrogen) atoms. The molecule has 2 N–H and O–H groups in total. The molecule has 2 fully saturated rings. The molecule has 2 aliphatic heterocycles. The molecule has 0 aliphatic carbocycles. The van der Waals surface area contributed by atoms with E-state index in [9.17, 15) is 14.7 Å². The van der Waals surface area contributed by atoms with Crippen LogP contribution in [0.2, 0.25) is 0 Å². The average Bonchev–Trinajstić information content (AvgIpc) is 2.62. The first kappa shape index (κ1) is 16.7. The van der Waals surface area contributed by atoms with E-state index in [1.807, 2.05) is 9.80 Å². The number of piperidine rings is 2. The summed E-state index contributed by atoms with van der Waals surface area (Å²) >= 11 is 0. The van der Waals surface area contributed by atoms with Crippen LogP contribution in [0.3, 0.4) is 0 Å². The van der Waals surface area contributed by atoms with Crippen molar-refractivity contribution in [3.8, 4) is 0 Å². The number of anilines is 1. The minimum absolute atomic E-state index is 0.0168. The lowest BCUT2D eigenvalue weighted by Crippen LogP contribution is -2.50. The number of carboxylic acids is 1. The molecule has 1 aromatic rings. The Hall–Kier alpha value is -2.15. The number of hydrogen-bond donors (Lipinski definition) is 2. The number of amides is 1. The van der Waals surface area contributed by atoms with Crippen LogP contribution in [-0.2, 0) is 4.79 Å². The van der Waals surface area contributed by atoms with Crippen molar-refractivity contribution in [3.05, 3.63) is 23.9 Å². The van der Waals surface area contributed by atoms with Gasteiger partial charge in [0.05, 0.1) is 5.56 Å². The van der Waals surface area contributed by atoms with Gasteiger partial charge in [-0.25, -0.2) is 9.78 Å². The normalized spacial score (nSPS) is 20.7. The highest BCUT2D eigenvalue weighted by atomic mass is 16.4. The largest absolute Gasteiger partial charge is 0.479 e. The van der Waals surface area contributed by atoms with Gasteiger partial charge in [-0.2, -0.15) is 0 Å². The maximum Gasteiger partial charge on any atom is 0.335 e. The van der Waals surface area contributed by atoms with Crippen LogP contribution in [-0.4, -0.2) is 63.8 Å². The van der Waals surface area contributed by atoms with E-state index < -0.39 is 11.6 Å². The molecule has 0 spiro atoms. The topological polar surface area (TPSA) is 94.0 Å². The Bertz CT molecular complexity index is 620. The fraction of sp³-hybridized carbons (Fsp3) is 0.588. The second-order valence-electron chi connectivity index (χ2n) is 6.55. The molecule has 1 aromatic heterocycles. The predicted octanol–water partition coefficient (Wildman–Crippen LogP) is 1.12. The fourth-order valence-corrected chi connectivity index (χ4v) is 3.39. The maximum atomic E-state index is 12.8. The Morgan fingerprint density at radius 1 is 1.08 bits per heavy atom. The van der Waals surface area contributed by atoms with Crippen LogP contribution >= 0.6 is 0 Å². The molecule has 0 radical (unpaired) electrons. The molecule has 3 rings (SSSR count). The molecular formula is C17H23N3O4. The highest BCUT2D eigenvalue weighted by molar-refractivity contribution is 5.99. The van der Waals surface area contributed by atoms with Crippen molar-refractivity contribution in [2.75, 3.05) is 31.1 Å². The molecule has 0 unspecified atom stereocenters. The predicted molar refractivity (Wildman–Crippen MR) is 88.0 cm³/mol. The first-order valence-electron chi connectivity index (χ1n) is 8.46. The number of pyridine rings is 1. The summed E-state index contributed by atoms with van der Waals surface area (Å²) < 4.78 is 0. The Morgan fingerprint density at radius 2 is 1.75 bits per heavy atom. The number of aliphatic hydroxyl groups is 1. The van der Waals surface area contributed by atoms with Gasteiger partial charge in [0.1, 0.15) is 5.82 Å². The lowest BCUT2D eigenvalue weighted by atomic mass is 9.91. The smallest absolute Gasteiger partial charge is 0.335 e. The summed E-state index contributed by atoms with van der Waals surface area (Å²) in [7, 11) is 0. The van der Waals surface area contributed by atoms with Crippen molar-refractivity contribution < 1.29 is 19.8 Å². The van der Waals surface area contributed by atoms with Crippen molar-refractivity contribution in [1.29, 1.82) is 0 Å². The Balaban J connectivity index is 1.77. The Labute approximate surface area is 140 Å². The van der Waals surface area contributed by atoms with Gasteiger partial charge >= 0.3 is 5.97 Å². The summed E-state index contributed by atoms with van der Waals surface area (Å²) in [4.78, 5) is 32.1. The molecule has 0 saturated carbocycles. The lowest BCUT2D eigenvalue weighted by molar-refractivity contribution is -0.160. The van der Waals surface area contributed by atoms with Crippen LogP contribution in [0.15, 0.2) is 18.3 Å². The fourth-order valence-electron chi connectivity index (χ4n) is 3.39. The van der Waals surface area contributed by atoms with Gasteiger partial charge in [0.15, 0.2) is 5.60 Å². The van der Waals surface area contributed by atoms with Gasteiger partial charge in [0.2, 0.25) is 0 Å². The highest BCUT2D eigenvalue weighted by Gasteiger charge is 2.40. The summed E-state index contributed by atoms with van der Waals surface area (Å²) in [6, 6.07) is 3.52. The van der Waals surface area contributed by atoms with E-state index in [1.165, 1.54) is 0 Å². The summed E-state index contributed by atoms with van der Waals surface area (Å²) in [5.74, 6) is -0.620. The van der Waals surface area contributed by atoms with E-state index in [1.54, 1.807) is 18.3 Å². The minimum atomic E-state index is -1.68. The summed E-state index contributed by atoms with van der Waals surface area (Å²) in [5, 5.41) is 19.2. The van der Waals surface area contributed by atoms with Gasteiger partial charge in [-0.1, -0.05) is 0 Å². The Morgan fingerprint density at radius 3 is 2.38 bits per heavy atom. The van der Waals surface area contributed by atoms with Gasteiger partial charge in [-0.15, -0.1) is 0 Å². The van der Waals surface area contributed by atoms with E-state index in [0.717, 1.165) is 32.4 Å². The number of nitrogens with zero attached hydrogens (tertiary/aromatic N) is 3. The number of carbonyl (C=O) groups excluding carboxylic acids is 1. The van der Waals surface area contributed by atoms with Crippen LogP contribution in [0.4, 0.5) is 5.82 Å². The van der Waals surface area contributed by atoms with Crippen LogP contribution in [0.25, 0.3) is 0 Å². The van der Waals surface area contributed by atoms with Crippen LogP contribution in [0, 0.1) is 0 Å². The monoisotopic (exact) mass is 333 g/mol. The van der Waals surface area contributed by atoms with E-state index in [4.69, 9.17) is 5.11 Å². The SMILES string of the molecule is O=C(c1cccnc1N1CCC(O)(C(=O)O)CC1)N1CCCCC1. The van der Waals surface area contributed by atoms with E-state index in [0.29, 0.717) is 24.5 Å². The molecule has 7 heteroatoms. The van der Waals surface area contributed by atoms with Gasteiger partial charge < -0.3 is 20.0 Å². The average molecular weight is 333 g/mol. The number of rotatable bonds is 3. The molecule has 7 nitrogen and oxygen atoms in total. The third kappa shape index (κ3) is 3.21. The molecule has 0 atom stereocenters. The first-order valence-corrected chi connectivity index (χ1v) is 8.46. The quantitative estimate of drug-likeness (QED) is 0.861. The molecule has 0 aromatic carbocycles. The molecule has 0 bridgehead atoms. The number of aromatic nitrogens is 1. The van der Waals surface area contributed by atoms with E-state index in [-0.39, 0.29) is 18.7 Å². The molecular weight excluding hydrogens is 310 g/mol. The number of aliphatic carboxylic acids is 1. The summed E-state index contributed by atoms with van der Waals surface area (Å²) in [6.07, 6.45) is 5.09. The van der Waals surface area contributed by atoms with Crippen molar-refractivity contribution >= 4 is 17.7 Å². The second-order valence-corrected chi connectivity index (χ2v) is 6.55. The number of carboxylic acid groups (broad SMARTS) is 1. The number of likely N-dealkylation sites (tertiary alicyclic amines) is 1. The van der Waals surface area contributed by atoms with Crippen molar-refractivity contribution in [2.45, 2.75) is 37.7 Å². The number of carbonyl (C=O) groups is 2. The van der Waals surface area contributed by atoms with E-state index in [2.05, 4.69) is 4.98 Å². The van der Waals surface area contributed by atoms with Crippen LogP contribution < -0.4 is 4.90 Å². The Kier molecular flexibility index (Phi) is 4.71.